The Morgan fingerprint density at radius 3 is 2.60 bits per heavy atom. The Balaban J connectivity index is 1.61. The number of carbonyl (C=O) groups is 1. The zero-order chi connectivity index (χ0) is 10.7. The van der Waals surface area contributed by atoms with E-state index in [0.717, 1.165) is 5.92 Å². The van der Waals surface area contributed by atoms with Crippen LogP contribution < -0.4 is 5.32 Å². The average Bonchev–Trinajstić information content (AvgIpc) is 2.88. The van der Waals surface area contributed by atoms with E-state index in [9.17, 15) is 4.79 Å². The summed E-state index contributed by atoms with van der Waals surface area (Å²) in [5, 5.41) is 3.21. The number of rotatable bonds is 5. The SMILES string of the molecule is CC(SCC1CCCC1)C(=O)NC1CC1. The summed E-state index contributed by atoms with van der Waals surface area (Å²) in [6.07, 6.45) is 7.92. The molecule has 1 amide bonds. The second-order valence-corrected chi connectivity index (χ2v) is 6.28. The Hall–Kier alpha value is -0.180. The van der Waals surface area contributed by atoms with Crippen molar-refractivity contribution in [1.29, 1.82) is 0 Å². The second kappa shape index (κ2) is 5.24. The first-order valence-electron chi connectivity index (χ1n) is 6.17. The Morgan fingerprint density at radius 1 is 1.33 bits per heavy atom. The van der Waals surface area contributed by atoms with Gasteiger partial charge in [0, 0.05) is 6.04 Å². The van der Waals surface area contributed by atoms with E-state index in [1.54, 1.807) is 0 Å². The minimum absolute atomic E-state index is 0.145. The molecule has 0 heterocycles. The van der Waals surface area contributed by atoms with E-state index < -0.39 is 0 Å². The van der Waals surface area contributed by atoms with Crippen molar-refractivity contribution in [1.82, 2.24) is 5.32 Å². The van der Waals surface area contributed by atoms with Gasteiger partial charge in [-0.3, -0.25) is 4.79 Å². The van der Waals surface area contributed by atoms with Crippen molar-refractivity contribution >= 4 is 17.7 Å². The third kappa shape index (κ3) is 3.71. The summed E-state index contributed by atoms with van der Waals surface area (Å²) in [6, 6.07) is 0.507. The maximum absolute atomic E-state index is 11.7. The van der Waals surface area contributed by atoms with Gasteiger partial charge in [-0.05, 0) is 44.3 Å². The van der Waals surface area contributed by atoms with Gasteiger partial charge < -0.3 is 5.32 Å². The molecule has 0 bridgehead atoms. The highest BCUT2D eigenvalue weighted by atomic mass is 32.2. The molecule has 0 spiro atoms. The molecule has 0 aromatic rings. The lowest BCUT2D eigenvalue weighted by molar-refractivity contribution is -0.120. The van der Waals surface area contributed by atoms with E-state index in [1.165, 1.54) is 44.3 Å². The van der Waals surface area contributed by atoms with Gasteiger partial charge in [0.05, 0.1) is 5.25 Å². The fourth-order valence-electron chi connectivity index (χ4n) is 2.08. The van der Waals surface area contributed by atoms with Crippen molar-refractivity contribution < 1.29 is 4.79 Å². The molecule has 2 aliphatic rings. The standard InChI is InChI=1S/C12H21NOS/c1-9(12(14)13-11-6-7-11)15-8-10-4-2-3-5-10/h9-11H,2-8H2,1H3,(H,13,14). The maximum atomic E-state index is 11.7. The van der Waals surface area contributed by atoms with Gasteiger partial charge in [0.15, 0.2) is 0 Å². The highest BCUT2D eigenvalue weighted by molar-refractivity contribution is 8.00. The van der Waals surface area contributed by atoms with Gasteiger partial charge in [0.2, 0.25) is 5.91 Å². The lowest BCUT2D eigenvalue weighted by Crippen LogP contribution is -2.32. The number of hydrogen-bond donors (Lipinski definition) is 1. The lowest BCUT2D eigenvalue weighted by atomic mass is 10.1. The van der Waals surface area contributed by atoms with E-state index in [-0.39, 0.29) is 11.2 Å². The highest BCUT2D eigenvalue weighted by Crippen LogP contribution is 2.29. The van der Waals surface area contributed by atoms with Crippen LogP contribution in [0.4, 0.5) is 0 Å². The minimum Gasteiger partial charge on any atom is -0.352 e. The summed E-state index contributed by atoms with van der Waals surface area (Å²) in [7, 11) is 0. The average molecular weight is 227 g/mol. The maximum Gasteiger partial charge on any atom is 0.233 e. The summed E-state index contributed by atoms with van der Waals surface area (Å²) in [4.78, 5) is 11.7. The van der Waals surface area contributed by atoms with Crippen molar-refractivity contribution in [2.45, 2.75) is 56.7 Å². The van der Waals surface area contributed by atoms with Crippen LogP contribution >= 0.6 is 11.8 Å². The lowest BCUT2D eigenvalue weighted by Gasteiger charge is -2.14. The van der Waals surface area contributed by atoms with E-state index in [2.05, 4.69) is 5.32 Å². The number of hydrogen-bond acceptors (Lipinski definition) is 2. The summed E-state index contributed by atoms with van der Waals surface area (Å²) < 4.78 is 0. The molecule has 1 atom stereocenters. The normalized spacial score (nSPS) is 24.1. The van der Waals surface area contributed by atoms with Gasteiger partial charge in [-0.15, -0.1) is 11.8 Å². The number of amides is 1. The van der Waals surface area contributed by atoms with E-state index in [0.29, 0.717) is 6.04 Å². The van der Waals surface area contributed by atoms with Gasteiger partial charge >= 0.3 is 0 Å². The third-order valence-electron chi connectivity index (χ3n) is 3.35. The van der Waals surface area contributed by atoms with Crippen molar-refractivity contribution in [3.8, 4) is 0 Å². The molecular weight excluding hydrogens is 206 g/mol. The molecule has 0 aromatic carbocycles. The number of carbonyl (C=O) groups excluding carboxylic acids is 1. The van der Waals surface area contributed by atoms with Crippen molar-refractivity contribution in [2.24, 2.45) is 5.92 Å². The van der Waals surface area contributed by atoms with Crippen LogP contribution in [0.2, 0.25) is 0 Å². The van der Waals surface area contributed by atoms with Crippen LogP contribution in [-0.2, 0) is 4.79 Å². The molecule has 1 unspecified atom stereocenters. The fraction of sp³-hybridized carbons (Fsp3) is 0.917. The van der Waals surface area contributed by atoms with E-state index in [4.69, 9.17) is 0 Å². The minimum atomic E-state index is 0.145. The fourth-order valence-corrected chi connectivity index (χ4v) is 3.19. The summed E-state index contributed by atoms with van der Waals surface area (Å²) in [5.74, 6) is 2.31. The molecule has 2 nitrogen and oxygen atoms in total. The van der Waals surface area contributed by atoms with E-state index in [1.807, 2.05) is 18.7 Å². The molecule has 15 heavy (non-hydrogen) atoms. The van der Waals surface area contributed by atoms with Crippen molar-refractivity contribution in [3.63, 3.8) is 0 Å². The zero-order valence-electron chi connectivity index (χ0n) is 9.50. The molecule has 0 aromatic heterocycles. The van der Waals surface area contributed by atoms with Gasteiger partial charge in [0.1, 0.15) is 0 Å². The summed E-state index contributed by atoms with van der Waals surface area (Å²) in [6.45, 7) is 2.04. The number of thioether (sulfide) groups is 1. The molecule has 86 valence electrons. The molecule has 0 saturated heterocycles. The zero-order valence-corrected chi connectivity index (χ0v) is 10.3. The molecular formula is C12H21NOS. The second-order valence-electron chi connectivity index (χ2n) is 4.91. The number of nitrogens with one attached hydrogen (secondary N) is 1. The quantitative estimate of drug-likeness (QED) is 0.782. The third-order valence-corrected chi connectivity index (χ3v) is 4.73. The van der Waals surface area contributed by atoms with Crippen molar-refractivity contribution in [3.05, 3.63) is 0 Å². The van der Waals surface area contributed by atoms with E-state index >= 15 is 0 Å². The van der Waals surface area contributed by atoms with Crippen LogP contribution in [0.1, 0.15) is 45.4 Å². The van der Waals surface area contributed by atoms with Crippen molar-refractivity contribution in [2.75, 3.05) is 5.75 Å². The van der Waals surface area contributed by atoms with Crippen LogP contribution in [0.25, 0.3) is 0 Å². The Labute approximate surface area is 96.6 Å². The topological polar surface area (TPSA) is 29.1 Å². The van der Waals surface area contributed by atoms with Crippen LogP contribution in [0.3, 0.4) is 0 Å². The van der Waals surface area contributed by atoms with Gasteiger partial charge in [-0.1, -0.05) is 12.8 Å². The van der Waals surface area contributed by atoms with Crippen LogP contribution in [0.15, 0.2) is 0 Å². The molecule has 2 saturated carbocycles. The van der Waals surface area contributed by atoms with Crippen LogP contribution in [0, 0.1) is 5.92 Å². The van der Waals surface area contributed by atoms with Crippen LogP contribution in [0.5, 0.6) is 0 Å². The predicted molar refractivity (Wildman–Crippen MR) is 65.0 cm³/mol. The Kier molecular flexibility index (Phi) is 3.95. The highest BCUT2D eigenvalue weighted by Gasteiger charge is 2.26. The first-order chi connectivity index (χ1) is 7.25. The Bertz CT molecular complexity index is 222. The first kappa shape index (κ1) is 11.3. The monoisotopic (exact) mass is 227 g/mol. The molecule has 0 aliphatic heterocycles. The summed E-state index contributed by atoms with van der Waals surface area (Å²) in [5.41, 5.74) is 0. The molecule has 0 radical (unpaired) electrons. The smallest absolute Gasteiger partial charge is 0.233 e. The molecule has 2 aliphatic carbocycles. The predicted octanol–water partition coefficient (Wildman–Crippen LogP) is 2.58. The molecule has 2 rings (SSSR count). The largest absolute Gasteiger partial charge is 0.352 e. The van der Waals surface area contributed by atoms with Crippen LogP contribution in [-0.4, -0.2) is 23.0 Å². The molecule has 2 fully saturated rings. The van der Waals surface area contributed by atoms with Gasteiger partial charge in [-0.2, -0.15) is 0 Å². The first-order valence-corrected chi connectivity index (χ1v) is 7.22. The summed E-state index contributed by atoms with van der Waals surface area (Å²) >= 11 is 1.84. The van der Waals surface area contributed by atoms with Gasteiger partial charge in [0.25, 0.3) is 0 Å². The molecule has 1 N–H and O–H groups in total. The Morgan fingerprint density at radius 2 is 2.00 bits per heavy atom. The van der Waals surface area contributed by atoms with Gasteiger partial charge in [-0.25, -0.2) is 0 Å². The molecule has 3 heteroatoms.